The normalized spacial score (nSPS) is 41.2. The minimum atomic E-state index is -1.26. The SMILES string of the molecule is CCO[C@]1(C)O[C@H]2COC(=O)[C@]34Cc5ccccc5[C@H]3[C@@H]3c5ccccc5C[C@@]34C(=O)OC[C@@H]2O[C@@]1(C)OCC. The van der Waals surface area contributed by atoms with Crippen LogP contribution in [0.3, 0.4) is 0 Å². The number of hydrogen-bond donors (Lipinski definition) is 0. The molecule has 0 N–H and O–H groups in total. The van der Waals surface area contributed by atoms with Gasteiger partial charge in [0.25, 0.3) is 0 Å². The van der Waals surface area contributed by atoms with E-state index in [1.807, 2.05) is 38.1 Å². The summed E-state index contributed by atoms with van der Waals surface area (Å²) in [6.45, 7) is 7.88. The van der Waals surface area contributed by atoms with Crippen molar-refractivity contribution in [1.29, 1.82) is 0 Å². The van der Waals surface area contributed by atoms with Crippen molar-refractivity contribution in [2.45, 2.75) is 76.2 Å². The maximum atomic E-state index is 14.4. The molecule has 1 saturated carbocycles. The standard InChI is InChI=1S/C32H36O8/c1-5-37-29(3)30(4,38-6-2)40-24-18-36-28(34)32-16-20-12-8-10-14-22(20)26(32)25-21-13-9-7-11-19(21)15-31(25,32)27(33)35-17-23(24)39-29/h7-14,23-26H,5-6,15-18H2,1-4H3/t23-,24-,25-,26-,29+,30+,31-,32-/m0/s1. The van der Waals surface area contributed by atoms with Crippen molar-refractivity contribution in [2.24, 2.45) is 10.8 Å². The minimum Gasteiger partial charge on any atom is -0.462 e. The Labute approximate surface area is 234 Å². The minimum absolute atomic E-state index is 0.0512. The van der Waals surface area contributed by atoms with Crippen molar-refractivity contribution in [1.82, 2.24) is 0 Å². The Morgan fingerprint density at radius 2 is 1.10 bits per heavy atom. The molecule has 212 valence electrons. The van der Waals surface area contributed by atoms with Gasteiger partial charge in [0.15, 0.2) is 0 Å². The number of benzene rings is 2. The predicted molar refractivity (Wildman–Crippen MR) is 142 cm³/mol. The first kappa shape index (κ1) is 26.1. The summed E-state index contributed by atoms with van der Waals surface area (Å²) in [5, 5.41) is 0. The second-order valence-corrected chi connectivity index (χ2v) is 11.9. The molecular weight excluding hydrogens is 512 g/mol. The maximum absolute atomic E-state index is 14.4. The fourth-order valence-corrected chi connectivity index (χ4v) is 8.49. The molecular formula is C32H36O8. The third-order valence-electron chi connectivity index (χ3n) is 10.2. The molecule has 40 heavy (non-hydrogen) atoms. The highest BCUT2D eigenvalue weighted by atomic mass is 16.8. The van der Waals surface area contributed by atoms with Crippen LogP contribution in [0, 0.1) is 10.8 Å². The molecule has 8 nitrogen and oxygen atoms in total. The van der Waals surface area contributed by atoms with Crippen molar-refractivity contribution in [2.75, 3.05) is 26.4 Å². The lowest BCUT2D eigenvalue weighted by Gasteiger charge is -2.61. The summed E-state index contributed by atoms with van der Waals surface area (Å²) in [5.41, 5.74) is 2.31. The van der Waals surface area contributed by atoms with Gasteiger partial charge in [0.1, 0.15) is 25.4 Å². The Kier molecular flexibility index (Phi) is 5.79. The number of esters is 2. The molecule has 2 aliphatic heterocycles. The summed E-state index contributed by atoms with van der Waals surface area (Å²) in [6, 6.07) is 16.3. The van der Waals surface area contributed by atoms with Crippen LogP contribution in [-0.4, -0.2) is 62.1 Å². The molecule has 3 fully saturated rings. The first-order chi connectivity index (χ1) is 19.2. The Bertz CT molecular complexity index is 1270. The van der Waals surface area contributed by atoms with Crippen LogP contribution >= 0.6 is 0 Å². The van der Waals surface area contributed by atoms with Gasteiger partial charge in [-0.05, 0) is 62.8 Å². The number of carbonyl (C=O) groups is 2. The van der Waals surface area contributed by atoms with E-state index in [2.05, 4.69) is 24.3 Å². The second kappa shape index (κ2) is 8.86. The van der Waals surface area contributed by atoms with Crippen molar-refractivity contribution in [3.05, 3.63) is 70.8 Å². The Morgan fingerprint density at radius 3 is 1.50 bits per heavy atom. The molecule has 7 rings (SSSR count). The topological polar surface area (TPSA) is 89.5 Å². The monoisotopic (exact) mass is 548 g/mol. The van der Waals surface area contributed by atoms with E-state index in [0.717, 1.165) is 22.3 Å². The molecule has 8 heteroatoms. The Morgan fingerprint density at radius 1 is 0.700 bits per heavy atom. The molecule has 2 aromatic carbocycles. The van der Waals surface area contributed by atoms with Gasteiger partial charge in [0.05, 0.1) is 10.8 Å². The van der Waals surface area contributed by atoms with Crippen molar-refractivity contribution < 1.29 is 38.0 Å². The van der Waals surface area contributed by atoms with Crippen LogP contribution in [-0.2, 0) is 50.9 Å². The van der Waals surface area contributed by atoms with Gasteiger partial charge in [-0.3, -0.25) is 9.59 Å². The number of carbonyl (C=O) groups excluding carboxylic acids is 2. The summed E-state index contributed by atoms with van der Waals surface area (Å²) >= 11 is 0. The summed E-state index contributed by atoms with van der Waals surface area (Å²) < 4.78 is 37.2. The zero-order valence-corrected chi connectivity index (χ0v) is 23.4. The van der Waals surface area contributed by atoms with Crippen LogP contribution in [0.2, 0.25) is 0 Å². The molecule has 2 saturated heterocycles. The molecule has 2 aromatic rings. The maximum Gasteiger partial charge on any atom is 0.314 e. The van der Waals surface area contributed by atoms with Crippen LogP contribution in [0.1, 0.15) is 61.8 Å². The van der Waals surface area contributed by atoms with Crippen molar-refractivity contribution >= 4 is 11.9 Å². The van der Waals surface area contributed by atoms with Crippen molar-refractivity contribution in [3.63, 3.8) is 0 Å². The van der Waals surface area contributed by atoms with Crippen LogP contribution in [0.15, 0.2) is 48.5 Å². The summed E-state index contributed by atoms with van der Waals surface area (Å²) in [4.78, 5) is 28.8. The lowest BCUT2D eigenvalue weighted by atomic mass is 9.38. The molecule has 5 aliphatic rings. The molecule has 8 atom stereocenters. The van der Waals surface area contributed by atoms with Gasteiger partial charge in [-0.1, -0.05) is 48.5 Å². The largest absolute Gasteiger partial charge is 0.462 e. The quantitative estimate of drug-likeness (QED) is 0.529. The van der Waals surface area contributed by atoms with Gasteiger partial charge < -0.3 is 28.4 Å². The highest BCUT2D eigenvalue weighted by Gasteiger charge is 2.84. The van der Waals surface area contributed by atoms with Gasteiger partial charge in [0, 0.05) is 25.0 Å². The zero-order chi connectivity index (χ0) is 27.9. The van der Waals surface area contributed by atoms with E-state index >= 15 is 0 Å². The average Bonchev–Trinajstić information content (AvgIpc) is 3.40. The van der Waals surface area contributed by atoms with E-state index in [9.17, 15) is 9.59 Å². The fourth-order valence-electron chi connectivity index (χ4n) is 8.49. The van der Waals surface area contributed by atoms with Gasteiger partial charge in [-0.15, -0.1) is 0 Å². The average molecular weight is 549 g/mol. The van der Waals surface area contributed by atoms with Crippen LogP contribution in [0.4, 0.5) is 0 Å². The lowest BCUT2D eigenvalue weighted by molar-refractivity contribution is -0.459. The molecule has 0 radical (unpaired) electrons. The van der Waals surface area contributed by atoms with Crippen LogP contribution in [0.25, 0.3) is 0 Å². The smallest absolute Gasteiger partial charge is 0.314 e. The highest BCUT2D eigenvalue weighted by molar-refractivity contribution is 5.97. The van der Waals surface area contributed by atoms with E-state index in [0.29, 0.717) is 26.1 Å². The lowest BCUT2D eigenvalue weighted by Crippen LogP contribution is -2.70. The highest BCUT2D eigenvalue weighted by Crippen LogP contribution is 2.81. The Hall–Kier alpha value is -2.78. The molecule has 0 bridgehead atoms. The summed E-state index contributed by atoms with van der Waals surface area (Å²) in [7, 11) is 0. The predicted octanol–water partition coefficient (Wildman–Crippen LogP) is 4.04. The van der Waals surface area contributed by atoms with Gasteiger partial charge in [-0.2, -0.15) is 0 Å². The van der Waals surface area contributed by atoms with E-state index in [-0.39, 0.29) is 37.0 Å². The number of cyclic esters (lactones) is 2. The van der Waals surface area contributed by atoms with E-state index in [4.69, 9.17) is 28.4 Å². The molecule has 2 spiro atoms. The number of ether oxygens (including phenoxy) is 6. The Balaban J connectivity index is 1.30. The van der Waals surface area contributed by atoms with Gasteiger partial charge >= 0.3 is 11.9 Å². The first-order valence-corrected chi connectivity index (χ1v) is 14.4. The van der Waals surface area contributed by atoms with E-state index in [1.54, 1.807) is 13.8 Å². The fraction of sp³-hybridized carbons (Fsp3) is 0.562. The van der Waals surface area contributed by atoms with Crippen LogP contribution in [0.5, 0.6) is 0 Å². The molecule has 0 amide bonds. The summed E-state index contributed by atoms with van der Waals surface area (Å²) in [6.07, 6.45) is -0.551. The van der Waals surface area contributed by atoms with Gasteiger partial charge in [0.2, 0.25) is 11.6 Å². The number of rotatable bonds is 4. The van der Waals surface area contributed by atoms with Gasteiger partial charge in [-0.25, -0.2) is 0 Å². The number of fused-ring (bicyclic) bond motifs is 6. The first-order valence-electron chi connectivity index (χ1n) is 14.4. The molecule has 0 unspecified atom stereocenters. The molecule has 2 heterocycles. The van der Waals surface area contributed by atoms with E-state index in [1.165, 1.54) is 0 Å². The molecule has 3 aliphatic carbocycles. The number of hydrogen-bond acceptors (Lipinski definition) is 8. The zero-order valence-electron chi connectivity index (χ0n) is 23.4. The molecule has 0 aromatic heterocycles. The van der Waals surface area contributed by atoms with E-state index < -0.39 is 34.6 Å². The summed E-state index contributed by atoms with van der Waals surface area (Å²) in [5.74, 6) is -3.62. The van der Waals surface area contributed by atoms with Crippen LogP contribution < -0.4 is 0 Å². The second-order valence-electron chi connectivity index (χ2n) is 11.9. The third kappa shape index (κ3) is 3.11. The third-order valence-corrected chi connectivity index (χ3v) is 10.2. The van der Waals surface area contributed by atoms with Crippen molar-refractivity contribution in [3.8, 4) is 0 Å².